The number of hydrogen-bond donors (Lipinski definition) is 1. The second-order valence-corrected chi connectivity index (χ2v) is 6.83. The smallest absolute Gasteiger partial charge is 0.307 e. The number of esters is 1. The Bertz CT molecular complexity index is 880. The minimum atomic E-state index is -0.330. The number of ether oxygens (including phenoxy) is 1. The lowest BCUT2D eigenvalue weighted by Gasteiger charge is -2.17. The van der Waals surface area contributed by atoms with Crippen LogP contribution in [0.5, 0.6) is 0 Å². The van der Waals surface area contributed by atoms with Crippen LogP contribution in [0.3, 0.4) is 0 Å². The van der Waals surface area contributed by atoms with Gasteiger partial charge in [-0.15, -0.1) is 0 Å². The van der Waals surface area contributed by atoms with Crippen LogP contribution in [0.4, 0.5) is 0 Å². The fraction of sp³-hybridized carbons (Fsp3) is 0.261. The van der Waals surface area contributed by atoms with Gasteiger partial charge in [-0.3, -0.25) is 9.59 Å². The molecule has 0 aliphatic rings. The summed E-state index contributed by atoms with van der Waals surface area (Å²) < 4.78 is 7.14. The molecule has 3 aromatic rings. The Labute approximate surface area is 170 Å². The second-order valence-electron chi connectivity index (χ2n) is 6.83. The molecule has 6 heteroatoms. The van der Waals surface area contributed by atoms with Crippen LogP contribution in [0.25, 0.3) is 0 Å². The molecule has 0 spiro atoms. The third-order valence-corrected chi connectivity index (χ3v) is 4.56. The fourth-order valence-electron chi connectivity index (χ4n) is 3.03. The minimum absolute atomic E-state index is 0.0848. The maximum absolute atomic E-state index is 12.7. The Balaban J connectivity index is 1.47. The predicted molar refractivity (Wildman–Crippen MR) is 110 cm³/mol. The van der Waals surface area contributed by atoms with Crippen molar-refractivity contribution in [2.45, 2.75) is 26.0 Å². The van der Waals surface area contributed by atoms with Crippen molar-refractivity contribution in [3.63, 3.8) is 0 Å². The first-order chi connectivity index (χ1) is 14.2. The quantitative estimate of drug-likeness (QED) is 0.539. The largest absolute Gasteiger partial charge is 0.461 e. The highest BCUT2D eigenvalue weighted by atomic mass is 16.5. The molecule has 1 N–H and O–H groups in total. The Kier molecular flexibility index (Phi) is 7.57. The summed E-state index contributed by atoms with van der Waals surface area (Å²) in [7, 11) is 0. The first kappa shape index (κ1) is 20.3. The van der Waals surface area contributed by atoms with E-state index in [0.717, 1.165) is 11.1 Å². The number of rotatable bonds is 10. The first-order valence-corrected chi connectivity index (χ1v) is 9.67. The molecule has 3 rings (SSSR count). The molecule has 1 aromatic heterocycles. The number of nitrogens with one attached hydrogen (secondary N) is 1. The van der Waals surface area contributed by atoms with Gasteiger partial charge in [-0.2, -0.15) is 0 Å². The van der Waals surface area contributed by atoms with Crippen LogP contribution in [0.2, 0.25) is 0 Å². The number of carbonyl (C=O) groups excluding carboxylic acids is 2. The van der Waals surface area contributed by atoms with Gasteiger partial charge in [0.15, 0.2) is 0 Å². The summed E-state index contributed by atoms with van der Waals surface area (Å²) in [5, 5.41) is 2.87. The molecule has 150 valence electrons. The highest BCUT2D eigenvalue weighted by Gasteiger charge is 2.19. The van der Waals surface area contributed by atoms with Gasteiger partial charge in [-0.25, -0.2) is 4.98 Å². The van der Waals surface area contributed by atoms with E-state index >= 15 is 0 Å². The summed E-state index contributed by atoms with van der Waals surface area (Å²) >= 11 is 0. The van der Waals surface area contributed by atoms with E-state index in [0.29, 0.717) is 13.0 Å². The van der Waals surface area contributed by atoms with E-state index in [1.165, 1.54) is 0 Å². The minimum Gasteiger partial charge on any atom is -0.461 e. The van der Waals surface area contributed by atoms with Crippen molar-refractivity contribution in [2.24, 2.45) is 5.92 Å². The molecule has 6 nitrogen and oxygen atoms in total. The Morgan fingerprint density at radius 3 is 2.34 bits per heavy atom. The monoisotopic (exact) mass is 391 g/mol. The van der Waals surface area contributed by atoms with Gasteiger partial charge >= 0.3 is 5.97 Å². The lowest BCUT2D eigenvalue weighted by atomic mass is 9.98. The normalized spacial score (nSPS) is 11.6. The molecule has 0 bridgehead atoms. The van der Waals surface area contributed by atoms with Crippen molar-refractivity contribution in [1.82, 2.24) is 14.9 Å². The number of nitrogens with zero attached hydrogens (tertiary/aromatic N) is 2. The van der Waals surface area contributed by atoms with Crippen molar-refractivity contribution in [3.8, 4) is 0 Å². The van der Waals surface area contributed by atoms with E-state index < -0.39 is 0 Å². The van der Waals surface area contributed by atoms with Crippen molar-refractivity contribution in [3.05, 3.63) is 90.5 Å². The highest BCUT2D eigenvalue weighted by molar-refractivity contribution is 5.79. The number of hydrogen-bond acceptors (Lipinski definition) is 4. The van der Waals surface area contributed by atoms with E-state index in [1.807, 2.05) is 71.4 Å². The zero-order chi connectivity index (χ0) is 20.3. The lowest BCUT2D eigenvalue weighted by molar-refractivity contribution is -0.144. The summed E-state index contributed by atoms with van der Waals surface area (Å²) in [6.07, 6.45) is 5.99. The molecular weight excluding hydrogens is 366 g/mol. The third kappa shape index (κ3) is 6.92. The summed E-state index contributed by atoms with van der Waals surface area (Å²) in [5.41, 5.74) is 2.03. The van der Waals surface area contributed by atoms with E-state index in [2.05, 4.69) is 10.3 Å². The van der Waals surface area contributed by atoms with Crippen molar-refractivity contribution >= 4 is 11.9 Å². The average Bonchev–Trinajstić information content (AvgIpc) is 3.26. The van der Waals surface area contributed by atoms with Crippen molar-refractivity contribution < 1.29 is 14.3 Å². The Morgan fingerprint density at radius 2 is 1.69 bits per heavy atom. The zero-order valence-electron chi connectivity index (χ0n) is 16.2. The van der Waals surface area contributed by atoms with E-state index in [-0.39, 0.29) is 37.4 Å². The van der Waals surface area contributed by atoms with Crippen LogP contribution in [-0.2, 0) is 33.9 Å². The van der Waals surface area contributed by atoms with Gasteiger partial charge in [0.2, 0.25) is 5.91 Å². The second kappa shape index (κ2) is 10.8. The standard InChI is InChI=1S/C23H25N3O3/c27-22(29-17-20-9-5-2-6-10-20)11-12-25-23(28)21(16-26-14-13-24-18-26)15-19-7-3-1-4-8-19/h1-10,13-14,18,21H,11-12,15-17H2,(H,25,28). The molecule has 0 fully saturated rings. The number of benzene rings is 2. The van der Waals surface area contributed by atoms with E-state index in [9.17, 15) is 9.59 Å². The van der Waals surface area contributed by atoms with Gasteiger partial charge in [0.05, 0.1) is 18.7 Å². The van der Waals surface area contributed by atoms with Crippen molar-refractivity contribution in [1.29, 1.82) is 0 Å². The van der Waals surface area contributed by atoms with Crippen LogP contribution < -0.4 is 5.32 Å². The highest BCUT2D eigenvalue weighted by Crippen LogP contribution is 2.12. The summed E-state index contributed by atoms with van der Waals surface area (Å²) in [4.78, 5) is 28.7. The van der Waals surface area contributed by atoms with Gasteiger partial charge in [0.1, 0.15) is 6.61 Å². The van der Waals surface area contributed by atoms with E-state index in [4.69, 9.17) is 4.74 Å². The molecule has 1 unspecified atom stereocenters. The summed E-state index contributed by atoms with van der Waals surface area (Å²) in [5.74, 6) is -0.672. The zero-order valence-corrected chi connectivity index (χ0v) is 16.2. The van der Waals surface area contributed by atoms with Crippen LogP contribution in [-0.4, -0.2) is 28.0 Å². The molecule has 0 saturated carbocycles. The van der Waals surface area contributed by atoms with Crippen LogP contribution in [0, 0.1) is 5.92 Å². The van der Waals surface area contributed by atoms with E-state index in [1.54, 1.807) is 12.5 Å². The maximum Gasteiger partial charge on any atom is 0.307 e. The van der Waals surface area contributed by atoms with Crippen LogP contribution >= 0.6 is 0 Å². The molecule has 0 aliphatic carbocycles. The van der Waals surface area contributed by atoms with Gasteiger partial charge in [-0.1, -0.05) is 60.7 Å². The molecule has 2 aromatic carbocycles. The third-order valence-electron chi connectivity index (χ3n) is 4.56. The fourth-order valence-corrected chi connectivity index (χ4v) is 3.03. The number of imidazole rings is 1. The number of aromatic nitrogens is 2. The average molecular weight is 391 g/mol. The molecule has 1 amide bonds. The molecule has 0 aliphatic heterocycles. The molecule has 1 atom stereocenters. The van der Waals surface area contributed by atoms with Gasteiger partial charge in [0.25, 0.3) is 0 Å². The SMILES string of the molecule is O=C(CCNC(=O)C(Cc1ccccc1)Cn1ccnc1)OCc1ccccc1. The predicted octanol–water partition coefficient (Wildman–Crippen LogP) is 2.99. The molecule has 29 heavy (non-hydrogen) atoms. The van der Waals surface area contributed by atoms with Gasteiger partial charge in [0, 0.05) is 25.5 Å². The Morgan fingerprint density at radius 1 is 1.00 bits per heavy atom. The maximum atomic E-state index is 12.7. The van der Waals surface area contributed by atoms with Crippen LogP contribution in [0.15, 0.2) is 79.4 Å². The summed E-state index contributed by atoms with van der Waals surface area (Å²) in [6.45, 7) is 1.02. The lowest BCUT2D eigenvalue weighted by Crippen LogP contribution is -2.35. The molecule has 0 radical (unpaired) electrons. The van der Waals surface area contributed by atoms with Gasteiger partial charge in [-0.05, 0) is 17.5 Å². The van der Waals surface area contributed by atoms with Crippen LogP contribution in [0.1, 0.15) is 17.5 Å². The first-order valence-electron chi connectivity index (χ1n) is 9.67. The number of carbonyl (C=O) groups is 2. The molecular formula is C23H25N3O3. The summed E-state index contributed by atoms with van der Waals surface area (Å²) in [6, 6.07) is 19.4. The molecule has 1 heterocycles. The molecule has 0 saturated heterocycles. The Hall–Kier alpha value is -3.41. The van der Waals surface area contributed by atoms with Crippen molar-refractivity contribution in [2.75, 3.05) is 6.54 Å². The van der Waals surface area contributed by atoms with Gasteiger partial charge < -0.3 is 14.6 Å². The number of amides is 1. The topological polar surface area (TPSA) is 73.2 Å².